The maximum atomic E-state index is 5.88. The van der Waals surface area contributed by atoms with E-state index in [2.05, 4.69) is 11.8 Å². The van der Waals surface area contributed by atoms with Crippen molar-refractivity contribution in [2.45, 2.75) is 64.5 Å². The zero-order valence-electron chi connectivity index (χ0n) is 11.9. The van der Waals surface area contributed by atoms with Gasteiger partial charge in [-0.2, -0.15) is 0 Å². The highest BCUT2D eigenvalue weighted by molar-refractivity contribution is 7.15. The standard InChI is InChI=1S/C15H25N3S/c1-2-5-12-14(10-16)19-15(17-12)18-9-4-7-11-6-3-8-13(11)18/h11,13H,2-10,16H2,1H3. The number of piperidine rings is 1. The van der Waals surface area contributed by atoms with E-state index in [1.807, 2.05) is 11.3 Å². The minimum Gasteiger partial charge on any atom is -0.345 e. The number of thiazole rings is 1. The monoisotopic (exact) mass is 279 g/mol. The lowest BCUT2D eigenvalue weighted by molar-refractivity contribution is 0.362. The molecule has 4 heteroatoms. The summed E-state index contributed by atoms with van der Waals surface area (Å²) in [5, 5.41) is 1.25. The van der Waals surface area contributed by atoms with E-state index in [1.54, 1.807) is 0 Å². The molecule has 1 aromatic heterocycles. The molecule has 0 amide bonds. The second-order valence-corrected chi connectivity index (χ2v) is 6.98. The number of fused-ring (bicyclic) bond motifs is 1. The molecule has 3 nitrogen and oxygen atoms in total. The normalized spacial score (nSPS) is 26.7. The van der Waals surface area contributed by atoms with Gasteiger partial charge < -0.3 is 10.6 Å². The Morgan fingerprint density at radius 1 is 1.32 bits per heavy atom. The summed E-state index contributed by atoms with van der Waals surface area (Å²) >= 11 is 1.84. The van der Waals surface area contributed by atoms with Gasteiger partial charge in [-0.15, -0.1) is 11.3 Å². The summed E-state index contributed by atoms with van der Waals surface area (Å²) < 4.78 is 0. The molecule has 2 N–H and O–H groups in total. The first kappa shape index (κ1) is 13.4. The molecule has 2 fully saturated rings. The summed E-state index contributed by atoms with van der Waals surface area (Å²) in [6.07, 6.45) is 9.19. The number of nitrogens with two attached hydrogens (primary N) is 1. The number of anilines is 1. The Labute approximate surface area is 120 Å². The Morgan fingerprint density at radius 2 is 2.16 bits per heavy atom. The minimum atomic E-state index is 0.648. The smallest absolute Gasteiger partial charge is 0.186 e. The molecule has 19 heavy (non-hydrogen) atoms. The molecule has 106 valence electrons. The van der Waals surface area contributed by atoms with Gasteiger partial charge in [0.2, 0.25) is 0 Å². The highest BCUT2D eigenvalue weighted by Gasteiger charge is 2.36. The van der Waals surface area contributed by atoms with Crippen molar-refractivity contribution in [1.29, 1.82) is 0 Å². The molecule has 3 rings (SSSR count). The van der Waals surface area contributed by atoms with Crippen molar-refractivity contribution in [1.82, 2.24) is 4.98 Å². The van der Waals surface area contributed by atoms with E-state index in [9.17, 15) is 0 Å². The highest BCUT2D eigenvalue weighted by Crippen LogP contribution is 2.40. The SMILES string of the molecule is CCCc1nc(N2CCCC3CCCC32)sc1CN. The molecule has 2 atom stereocenters. The van der Waals surface area contributed by atoms with Gasteiger partial charge in [-0.1, -0.05) is 19.8 Å². The predicted octanol–water partition coefficient (Wildman–Crippen LogP) is 3.32. The van der Waals surface area contributed by atoms with Crippen LogP contribution in [0.25, 0.3) is 0 Å². The molecular weight excluding hydrogens is 254 g/mol. The van der Waals surface area contributed by atoms with Gasteiger partial charge >= 0.3 is 0 Å². The Bertz CT molecular complexity index is 429. The van der Waals surface area contributed by atoms with Crippen LogP contribution < -0.4 is 10.6 Å². The van der Waals surface area contributed by atoms with E-state index in [-0.39, 0.29) is 0 Å². The minimum absolute atomic E-state index is 0.648. The number of aromatic nitrogens is 1. The van der Waals surface area contributed by atoms with Gasteiger partial charge in [-0.05, 0) is 38.0 Å². The lowest BCUT2D eigenvalue weighted by atomic mass is 9.92. The molecule has 2 aliphatic rings. The van der Waals surface area contributed by atoms with Gasteiger partial charge in [0, 0.05) is 24.0 Å². The van der Waals surface area contributed by atoms with E-state index in [0.29, 0.717) is 6.54 Å². The van der Waals surface area contributed by atoms with E-state index in [1.165, 1.54) is 54.4 Å². The predicted molar refractivity (Wildman–Crippen MR) is 81.7 cm³/mol. The quantitative estimate of drug-likeness (QED) is 0.919. The van der Waals surface area contributed by atoms with Crippen molar-refractivity contribution in [2.24, 2.45) is 11.7 Å². The Balaban J connectivity index is 1.84. The molecule has 1 aliphatic heterocycles. The molecule has 0 radical (unpaired) electrons. The molecule has 0 spiro atoms. The van der Waals surface area contributed by atoms with E-state index < -0.39 is 0 Å². The second kappa shape index (κ2) is 5.80. The zero-order chi connectivity index (χ0) is 13.2. The molecule has 0 aromatic carbocycles. The largest absolute Gasteiger partial charge is 0.345 e. The van der Waals surface area contributed by atoms with Crippen LogP contribution in [0.4, 0.5) is 5.13 Å². The van der Waals surface area contributed by atoms with Gasteiger partial charge in [0.1, 0.15) is 0 Å². The molecule has 0 bridgehead atoms. The summed E-state index contributed by atoms with van der Waals surface area (Å²) in [6, 6.07) is 0.764. The molecular formula is C15H25N3S. The van der Waals surface area contributed by atoms with Gasteiger partial charge in [0.25, 0.3) is 0 Å². The fourth-order valence-corrected chi connectivity index (χ4v) is 4.84. The number of hydrogen-bond acceptors (Lipinski definition) is 4. The lowest BCUT2D eigenvalue weighted by Gasteiger charge is -2.37. The number of rotatable bonds is 4. The molecule has 1 saturated heterocycles. The zero-order valence-corrected chi connectivity index (χ0v) is 12.7. The van der Waals surface area contributed by atoms with E-state index in [0.717, 1.165) is 24.8 Å². The maximum absolute atomic E-state index is 5.88. The number of aryl methyl sites for hydroxylation is 1. The fourth-order valence-electron chi connectivity index (χ4n) is 3.78. The van der Waals surface area contributed by atoms with Gasteiger partial charge in [-0.3, -0.25) is 0 Å². The van der Waals surface area contributed by atoms with Crippen LogP contribution >= 0.6 is 11.3 Å². The molecule has 1 aromatic rings. The summed E-state index contributed by atoms with van der Waals surface area (Å²) in [4.78, 5) is 8.82. The third-order valence-electron chi connectivity index (χ3n) is 4.68. The first-order valence-corrected chi connectivity index (χ1v) is 8.60. The third-order valence-corrected chi connectivity index (χ3v) is 5.84. The summed E-state index contributed by atoms with van der Waals surface area (Å²) in [5.41, 5.74) is 7.14. The average molecular weight is 279 g/mol. The van der Waals surface area contributed by atoms with Crippen molar-refractivity contribution in [3.05, 3.63) is 10.6 Å². The first-order chi connectivity index (χ1) is 9.33. The van der Waals surface area contributed by atoms with E-state index >= 15 is 0 Å². The van der Waals surface area contributed by atoms with Crippen LogP contribution in [0.15, 0.2) is 0 Å². The number of nitrogens with zero attached hydrogens (tertiary/aromatic N) is 2. The van der Waals surface area contributed by atoms with Crippen molar-refractivity contribution in [3.63, 3.8) is 0 Å². The molecule has 2 unspecified atom stereocenters. The van der Waals surface area contributed by atoms with Gasteiger partial charge in [-0.25, -0.2) is 4.98 Å². The summed E-state index contributed by atoms with van der Waals surface area (Å²) in [6.45, 7) is 4.06. The Hall–Kier alpha value is -0.610. The van der Waals surface area contributed by atoms with Crippen molar-refractivity contribution in [2.75, 3.05) is 11.4 Å². The summed E-state index contributed by atoms with van der Waals surface area (Å²) in [7, 11) is 0. The van der Waals surface area contributed by atoms with Crippen LogP contribution in [-0.4, -0.2) is 17.6 Å². The van der Waals surface area contributed by atoms with Crippen LogP contribution in [0.1, 0.15) is 56.0 Å². The van der Waals surface area contributed by atoms with Crippen LogP contribution in [-0.2, 0) is 13.0 Å². The van der Waals surface area contributed by atoms with Crippen molar-refractivity contribution >= 4 is 16.5 Å². The van der Waals surface area contributed by atoms with Gasteiger partial charge in [0.15, 0.2) is 5.13 Å². The Kier molecular flexibility index (Phi) is 4.08. The van der Waals surface area contributed by atoms with Crippen LogP contribution in [0.3, 0.4) is 0 Å². The average Bonchev–Trinajstić information content (AvgIpc) is 3.04. The third kappa shape index (κ3) is 2.52. The summed E-state index contributed by atoms with van der Waals surface area (Å²) in [5.74, 6) is 0.925. The molecule has 2 heterocycles. The maximum Gasteiger partial charge on any atom is 0.186 e. The number of hydrogen-bond donors (Lipinski definition) is 1. The van der Waals surface area contributed by atoms with E-state index in [4.69, 9.17) is 10.7 Å². The van der Waals surface area contributed by atoms with Crippen molar-refractivity contribution < 1.29 is 0 Å². The van der Waals surface area contributed by atoms with Crippen molar-refractivity contribution in [3.8, 4) is 0 Å². The van der Waals surface area contributed by atoms with Gasteiger partial charge in [0.05, 0.1) is 5.69 Å². The second-order valence-electron chi connectivity index (χ2n) is 5.91. The highest BCUT2D eigenvalue weighted by atomic mass is 32.1. The van der Waals surface area contributed by atoms with Crippen LogP contribution in [0.2, 0.25) is 0 Å². The Morgan fingerprint density at radius 3 is 2.95 bits per heavy atom. The first-order valence-electron chi connectivity index (χ1n) is 7.78. The molecule has 1 saturated carbocycles. The van der Waals surface area contributed by atoms with Crippen LogP contribution in [0.5, 0.6) is 0 Å². The fraction of sp³-hybridized carbons (Fsp3) is 0.800. The molecule has 1 aliphatic carbocycles. The lowest BCUT2D eigenvalue weighted by Crippen LogP contribution is -2.42. The topological polar surface area (TPSA) is 42.2 Å². The van der Waals surface area contributed by atoms with Crippen LogP contribution in [0, 0.1) is 5.92 Å².